The molecule has 0 atom stereocenters. The number of nitrogens with two attached hydrogens (primary N) is 1. The molecule has 0 saturated carbocycles. The van der Waals surface area contributed by atoms with Crippen LogP contribution >= 0.6 is 11.8 Å². The number of nitrogens with zero attached hydrogens (tertiary/aromatic N) is 2. The van der Waals surface area contributed by atoms with Gasteiger partial charge in [-0.25, -0.2) is 9.37 Å². The molecule has 1 aromatic heterocycles. The third-order valence-corrected chi connectivity index (χ3v) is 3.04. The predicted octanol–water partition coefficient (Wildman–Crippen LogP) is 2.83. The van der Waals surface area contributed by atoms with Crippen LogP contribution in [0.4, 0.5) is 10.1 Å². The Morgan fingerprint density at radius 3 is 2.82 bits per heavy atom. The van der Waals surface area contributed by atoms with Crippen LogP contribution in [-0.2, 0) is 0 Å². The van der Waals surface area contributed by atoms with Crippen LogP contribution in [0.3, 0.4) is 0 Å². The second-order valence-corrected chi connectivity index (χ2v) is 4.35. The summed E-state index contributed by atoms with van der Waals surface area (Å²) in [5.74, 6) is -0.304. The van der Waals surface area contributed by atoms with Crippen molar-refractivity contribution >= 4 is 17.4 Å². The van der Waals surface area contributed by atoms with Crippen molar-refractivity contribution in [2.45, 2.75) is 9.92 Å². The molecule has 0 radical (unpaired) electrons. The molecule has 2 rings (SSSR count). The predicted molar refractivity (Wildman–Crippen MR) is 63.9 cm³/mol. The first kappa shape index (κ1) is 11.4. The highest BCUT2D eigenvalue weighted by Gasteiger charge is 2.05. The quantitative estimate of drug-likeness (QED) is 0.883. The van der Waals surface area contributed by atoms with E-state index < -0.39 is 0 Å². The van der Waals surface area contributed by atoms with Gasteiger partial charge in [0.05, 0.1) is 11.3 Å². The second-order valence-electron chi connectivity index (χ2n) is 3.29. The van der Waals surface area contributed by atoms with E-state index >= 15 is 0 Å². The van der Waals surface area contributed by atoms with E-state index in [9.17, 15) is 4.39 Å². The van der Waals surface area contributed by atoms with Gasteiger partial charge in [-0.05, 0) is 24.3 Å². The summed E-state index contributed by atoms with van der Waals surface area (Å²) in [4.78, 5) is 4.78. The fraction of sp³-hybridized carbons (Fsp3) is 0. The Morgan fingerprint density at radius 2 is 2.18 bits per heavy atom. The Kier molecular flexibility index (Phi) is 3.26. The van der Waals surface area contributed by atoms with E-state index in [2.05, 4.69) is 4.98 Å². The molecule has 0 aliphatic heterocycles. The second kappa shape index (κ2) is 4.85. The van der Waals surface area contributed by atoms with E-state index in [4.69, 9.17) is 11.0 Å². The molecule has 0 spiro atoms. The molecule has 5 heteroatoms. The summed E-state index contributed by atoms with van der Waals surface area (Å²) in [6, 6.07) is 9.68. The molecule has 0 fully saturated rings. The average Bonchev–Trinajstić information content (AvgIpc) is 2.32. The topological polar surface area (TPSA) is 62.7 Å². The maximum absolute atomic E-state index is 13.0. The number of aromatic nitrogens is 1. The minimum absolute atomic E-state index is 0.304. The van der Waals surface area contributed by atoms with Crippen molar-refractivity contribution < 1.29 is 4.39 Å². The fourth-order valence-electron chi connectivity index (χ4n) is 1.26. The van der Waals surface area contributed by atoms with Crippen LogP contribution in [0.1, 0.15) is 5.56 Å². The van der Waals surface area contributed by atoms with Crippen LogP contribution in [0, 0.1) is 17.1 Å². The van der Waals surface area contributed by atoms with Crippen molar-refractivity contribution in [1.82, 2.24) is 4.98 Å². The molecule has 84 valence electrons. The van der Waals surface area contributed by atoms with Gasteiger partial charge in [-0.15, -0.1) is 0 Å². The molecule has 0 aliphatic rings. The molecule has 2 aromatic rings. The maximum atomic E-state index is 13.0. The molecule has 0 amide bonds. The van der Waals surface area contributed by atoms with Gasteiger partial charge in [0.25, 0.3) is 0 Å². The number of rotatable bonds is 2. The Morgan fingerprint density at radius 1 is 1.35 bits per heavy atom. The summed E-state index contributed by atoms with van der Waals surface area (Å²) in [7, 11) is 0. The Hall–Kier alpha value is -2.06. The summed E-state index contributed by atoms with van der Waals surface area (Å²) < 4.78 is 13.0. The highest BCUT2D eigenvalue weighted by Crippen LogP contribution is 2.30. The van der Waals surface area contributed by atoms with Crippen molar-refractivity contribution in [3.05, 3.63) is 47.9 Å². The standard InChI is InChI=1S/C12H8FN3S/c13-9-2-1-3-10(5-9)17-12-11(15)4-8(6-14)7-16-12/h1-5,7H,15H2. The number of hydrogen-bond donors (Lipinski definition) is 1. The summed E-state index contributed by atoms with van der Waals surface area (Å²) in [6.07, 6.45) is 1.44. The van der Waals surface area contributed by atoms with Crippen LogP contribution in [0.25, 0.3) is 0 Å². The van der Waals surface area contributed by atoms with Crippen LogP contribution in [0.15, 0.2) is 46.5 Å². The number of hydrogen-bond acceptors (Lipinski definition) is 4. The monoisotopic (exact) mass is 245 g/mol. The molecule has 3 nitrogen and oxygen atoms in total. The number of pyridine rings is 1. The van der Waals surface area contributed by atoms with E-state index in [1.54, 1.807) is 18.2 Å². The smallest absolute Gasteiger partial charge is 0.124 e. The molecule has 17 heavy (non-hydrogen) atoms. The molecule has 1 heterocycles. The van der Waals surface area contributed by atoms with Gasteiger partial charge in [0, 0.05) is 11.1 Å². The number of anilines is 1. The molecular weight excluding hydrogens is 237 g/mol. The Bertz CT molecular complexity index is 593. The van der Waals surface area contributed by atoms with Crippen LogP contribution in [0.2, 0.25) is 0 Å². The Labute approximate surface area is 102 Å². The van der Waals surface area contributed by atoms with Gasteiger partial charge in [-0.3, -0.25) is 0 Å². The van der Waals surface area contributed by atoms with Crippen LogP contribution < -0.4 is 5.73 Å². The number of benzene rings is 1. The SMILES string of the molecule is N#Cc1cnc(Sc2cccc(F)c2)c(N)c1. The number of nitrogen functional groups attached to an aromatic ring is 1. The lowest BCUT2D eigenvalue weighted by molar-refractivity contribution is 0.624. The lowest BCUT2D eigenvalue weighted by Crippen LogP contribution is -1.93. The zero-order valence-corrected chi connectivity index (χ0v) is 9.54. The van der Waals surface area contributed by atoms with E-state index in [0.717, 1.165) is 0 Å². The van der Waals surface area contributed by atoms with Crippen molar-refractivity contribution in [1.29, 1.82) is 5.26 Å². The highest BCUT2D eigenvalue weighted by atomic mass is 32.2. The lowest BCUT2D eigenvalue weighted by atomic mass is 10.3. The largest absolute Gasteiger partial charge is 0.396 e. The summed E-state index contributed by atoms with van der Waals surface area (Å²) in [5.41, 5.74) is 6.58. The van der Waals surface area contributed by atoms with Gasteiger partial charge in [0.2, 0.25) is 0 Å². The molecule has 0 unspecified atom stereocenters. The average molecular weight is 245 g/mol. The van der Waals surface area contributed by atoms with Gasteiger partial charge < -0.3 is 5.73 Å². The Balaban J connectivity index is 2.28. The van der Waals surface area contributed by atoms with Gasteiger partial charge in [0.1, 0.15) is 16.9 Å². The maximum Gasteiger partial charge on any atom is 0.124 e. The molecule has 0 bridgehead atoms. The molecule has 1 aromatic carbocycles. The minimum Gasteiger partial charge on any atom is -0.396 e. The first-order valence-corrected chi connectivity index (χ1v) is 5.60. The van der Waals surface area contributed by atoms with Gasteiger partial charge in [-0.2, -0.15) is 5.26 Å². The van der Waals surface area contributed by atoms with Crippen LogP contribution in [0.5, 0.6) is 0 Å². The molecular formula is C12H8FN3S. The van der Waals surface area contributed by atoms with Crippen molar-refractivity contribution in [3.8, 4) is 6.07 Å². The summed E-state index contributed by atoms with van der Waals surface area (Å²) in [5, 5.41) is 9.24. The number of halogens is 1. The lowest BCUT2D eigenvalue weighted by Gasteiger charge is -2.04. The fourth-order valence-corrected chi connectivity index (χ4v) is 2.08. The third kappa shape index (κ3) is 2.74. The summed E-state index contributed by atoms with van der Waals surface area (Å²) in [6.45, 7) is 0. The van der Waals surface area contributed by atoms with E-state index in [0.29, 0.717) is 21.2 Å². The minimum atomic E-state index is -0.304. The van der Waals surface area contributed by atoms with Gasteiger partial charge >= 0.3 is 0 Å². The van der Waals surface area contributed by atoms with E-state index in [1.807, 2.05) is 6.07 Å². The van der Waals surface area contributed by atoms with E-state index in [-0.39, 0.29) is 5.82 Å². The molecule has 0 aliphatic carbocycles. The summed E-state index contributed by atoms with van der Waals surface area (Å²) >= 11 is 1.26. The van der Waals surface area contributed by atoms with Gasteiger partial charge in [-0.1, -0.05) is 17.8 Å². The first-order valence-electron chi connectivity index (χ1n) is 4.78. The zero-order valence-electron chi connectivity index (χ0n) is 8.72. The van der Waals surface area contributed by atoms with Crippen LogP contribution in [-0.4, -0.2) is 4.98 Å². The third-order valence-electron chi connectivity index (χ3n) is 2.02. The van der Waals surface area contributed by atoms with Crippen molar-refractivity contribution in [3.63, 3.8) is 0 Å². The first-order chi connectivity index (χ1) is 8.19. The van der Waals surface area contributed by atoms with Crippen molar-refractivity contribution in [2.24, 2.45) is 0 Å². The normalized spacial score (nSPS) is 9.88. The number of nitriles is 1. The zero-order chi connectivity index (χ0) is 12.3. The highest BCUT2D eigenvalue weighted by molar-refractivity contribution is 7.99. The van der Waals surface area contributed by atoms with Crippen molar-refractivity contribution in [2.75, 3.05) is 5.73 Å². The molecule has 0 saturated heterocycles. The molecule has 2 N–H and O–H groups in total. The van der Waals surface area contributed by atoms with E-state index in [1.165, 1.54) is 30.1 Å². The van der Waals surface area contributed by atoms with Gasteiger partial charge in [0.15, 0.2) is 0 Å².